The zero-order valence-corrected chi connectivity index (χ0v) is 13.1. The average Bonchev–Trinajstić information content (AvgIpc) is 2.55. The molecule has 1 aromatic heterocycles. The Morgan fingerprint density at radius 1 is 1.52 bits per heavy atom. The predicted octanol–water partition coefficient (Wildman–Crippen LogP) is 1.80. The molecule has 1 amide bonds. The summed E-state index contributed by atoms with van der Waals surface area (Å²) in [5.74, 6) is -0.135. The molecule has 21 heavy (non-hydrogen) atoms. The third-order valence-electron chi connectivity index (χ3n) is 3.92. The Hall–Kier alpha value is -1.62. The molecule has 0 aliphatic carbocycles. The maximum Gasteiger partial charge on any atom is 0.269 e. The molecule has 0 radical (unpaired) electrons. The predicted molar refractivity (Wildman–Crippen MR) is 85.8 cm³/mol. The van der Waals surface area contributed by atoms with Gasteiger partial charge in [-0.15, -0.1) is 0 Å². The van der Waals surface area contributed by atoms with Crippen molar-refractivity contribution in [2.75, 3.05) is 31.6 Å². The lowest BCUT2D eigenvalue weighted by molar-refractivity contribution is 0.0958. The topological polar surface area (TPSA) is 57.3 Å². The van der Waals surface area contributed by atoms with Gasteiger partial charge in [0.15, 0.2) is 0 Å². The number of carbonyl (C=O) groups is 1. The molecule has 0 saturated carbocycles. The van der Waals surface area contributed by atoms with Gasteiger partial charge in [0.2, 0.25) is 0 Å². The number of nitrogens with zero attached hydrogens (tertiary/aromatic N) is 2. The van der Waals surface area contributed by atoms with Crippen LogP contribution in [0.15, 0.2) is 18.3 Å². The van der Waals surface area contributed by atoms with Gasteiger partial charge in [0.25, 0.3) is 5.91 Å². The number of piperidine rings is 1. The fourth-order valence-corrected chi connectivity index (χ4v) is 2.81. The molecular formula is C16H26N4O. The molecule has 2 rings (SSSR count). The Kier molecular flexibility index (Phi) is 5.99. The number of hydrogen-bond donors (Lipinski definition) is 2. The number of anilines is 1. The van der Waals surface area contributed by atoms with E-state index >= 15 is 0 Å². The summed E-state index contributed by atoms with van der Waals surface area (Å²) in [6.45, 7) is 5.28. The van der Waals surface area contributed by atoms with Crippen molar-refractivity contribution >= 4 is 11.6 Å². The van der Waals surface area contributed by atoms with Gasteiger partial charge >= 0.3 is 0 Å². The summed E-state index contributed by atoms with van der Waals surface area (Å²) < 4.78 is 0. The third-order valence-corrected chi connectivity index (χ3v) is 3.92. The number of hydrogen-bond acceptors (Lipinski definition) is 4. The number of aromatic nitrogens is 1. The van der Waals surface area contributed by atoms with Crippen LogP contribution in [-0.4, -0.2) is 43.6 Å². The van der Waals surface area contributed by atoms with Crippen molar-refractivity contribution in [3.63, 3.8) is 0 Å². The lowest BCUT2D eigenvalue weighted by atomic mass is 10.0. The summed E-state index contributed by atoms with van der Waals surface area (Å²) >= 11 is 0. The highest BCUT2D eigenvalue weighted by Gasteiger charge is 2.17. The fourth-order valence-electron chi connectivity index (χ4n) is 2.81. The van der Waals surface area contributed by atoms with Crippen molar-refractivity contribution < 1.29 is 4.79 Å². The summed E-state index contributed by atoms with van der Waals surface area (Å²) in [6, 6.07) is 4.42. The lowest BCUT2D eigenvalue weighted by Gasteiger charge is -2.32. The largest absolute Gasteiger partial charge is 0.370 e. The molecule has 0 bridgehead atoms. The highest BCUT2D eigenvalue weighted by molar-refractivity contribution is 5.92. The Morgan fingerprint density at radius 3 is 3.05 bits per heavy atom. The first-order valence-corrected chi connectivity index (χ1v) is 7.91. The number of pyridine rings is 1. The number of rotatable bonds is 6. The minimum Gasteiger partial charge on any atom is -0.370 e. The minimum absolute atomic E-state index is 0.135. The first-order chi connectivity index (χ1) is 10.2. The van der Waals surface area contributed by atoms with E-state index in [1.807, 2.05) is 12.1 Å². The molecule has 2 heterocycles. The van der Waals surface area contributed by atoms with E-state index in [1.54, 1.807) is 13.2 Å². The lowest BCUT2D eigenvalue weighted by Crippen LogP contribution is -2.44. The fraction of sp³-hybridized carbons (Fsp3) is 0.625. The van der Waals surface area contributed by atoms with Crippen LogP contribution in [0.5, 0.6) is 0 Å². The molecule has 1 fully saturated rings. The monoisotopic (exact) mass is 290 g/mol. The maximum atomic E-state index is 11.7. The second-order valence-corrected chi connectivity index (χ2v) is 5.57. The first-order valence-electron chi connectivity index (χ1n) is 7.91. The standard InChI is InChI=1S/C16H26N4O/c1-3-10-20(12-13-6-4-5-8-18-13)14-7-9-19-15(11-14)16(21)17-2/h7,9,11,13,18H,3-6,8,10,12H2,1-2H3,(H,17,21). The highest BCUT2D eigenvalue weighted by atomic mass is 16.1. The van der Waals surface area contributed by atoms with Gasteiger partial charge < -0.3 is 15.5 Å². The average molecular weight is 290 g/mol. The molecule has 2 N–H and O–H groups in total. The number of carbonyl (C=O) groups excluding carboxylic acids is 1. The van der Waals surface area contributed by atoms with Crippen molar-refractivity contribution in [3.05, 3.63) is 24.0 Å². The van der Waals surface area contributed by atoms with Gasteiger partial charge in [-0.05, 0) is 37.9 Å². The second-order valence-electron chi connectivity index (χ2n) is 5.57. The van der Waals surface area contributed by atoms with E-state index in [1.165, 1.54) is 19.3 Å². The summed E-state index contributed by atoms with van der Waals surface area (Å²) in [5.41, 5.74) is 1.56. The zero-order chi connectivity index (χ0) is 15.1. The van der Waals surface area contributed by atoms with Crippen LogP contribution in [-0.2, 0) is 0 Å². The normalized spacial score (nSPS) is 18.3. The van der Waals surface area contributed by atoms with E-state index in [9.17, 15) is 4.79 Å². The van der Waals surface area contributed by atoms with E-state index in [4.69, 9.17) is 0 Å². The zero-order valence-electron chi connectivity index (χ0n) is 13.1. The Bertz CT molecular complexity index is 457. The molecule has 5 heteroatoms. The van der Waals surface area contributed by atoms with Gasteiger partial charge in [-0.25, -0.2) is 0 Å². The van der Waals surface area contributed by atoms with Gasteiger partial charge in [0.1, 0.15) is 5.69 Å². The molecule has 0 spiro atoms. The molecule has 1 aliphatic rings. The van der Waals surface area contributed by atoms with Crippen LogP contribution in [0.2, 0.25) is 0 Å². The van der Waals surface area contributed by atoms with E-state index < -0.39 is 0 Å². The van der Waals surface area contributed by atoms with Crippen molar-refractivity contribution in [2.45, 2.75) is 38.6 Å². The summed E-state index contributed by atoms with van der Waals surface area (Å²) in [5, 5.41) is 6.22. The molecule has 1 aliphatic heterocycles. The van der Waals surface area contributed by atoms with Gasteiger partial charge in [0.05, 0.1) is 0 Å². The van der Waals surface area contributed by atoms with Gasteiger partial charge in [-0.2, -0.15) is 0 Å². The number of nitrogens with one attached hydrogen (secondary N) is 2. The smallest absolute Gasteiger partial charge is 0.269 e. The SMILES string of the molecule is CCCN(CC1CCCCN1)c1ccnc(C(=O)NC)c1. The molecule has 1 aromatic rings. The Labute approximate surface area is 127 Å². The van der Waals surface area contributed by atoms with Crippen LogP contribution < -0.4 is 15.5 Å². The maximum absolute atomic E-state index is 11.7. The van der Waals surface area contributed by atoms with E-state index in [0.29, 0.717) is 11.7 Å². The molecule has 116 valence electrons. The molecule has 5 nitrogen and oxygen atoms in total. The molecule has 1 atom stereocenters. The quantitative estimate of drug-likeness (QED) is 0.839. The van der Waals surface area contributed by atoms with Crippen molar-refractivity contribution in [1.29, 1.82) is 0 Å². The molecule has 1 unspecified atom stereocenters. The van der Waals surface area contributed by atoms with Gasteiger partial charge in [-0.1, -0.05) is 13.3 Å². The summed E-state index contributed by atoms with van der Waals surface area (Å²) in [6.07, 6.45) is 6.62. The van der Waals surface area contributed by atoms with E-state index in [-0.39, 0.29) is 5.91 Å². The molecular weight excluding hydrogens is 264 g/mol. The van der Waals surface area contributed by atoms with Gasteiger partial charge in [0, 0.05) is 38.1 Å². The highest BCUT2D eigenvalue weighted by Crippen LogP contribution is 2.18. The van der Waals surface area contributed by atoms with Gasteiger partial charge in [-0.3, -0.25) is 9.78 Å². The third kappa shape index (κ3) is 4.43. The Morgan fingerprint density at radius 2 is 2.38 bits per heavy atom. The number of amides is 1. The second kappa shape index (κ2) is 7.98. The summed E-state index contributed by atoms with van der Waals surface area (Å²) in [4.78, 5) is 18.2. The molecule has 0 aromatic carbocycles. The van der Waals surface area contributed by atoms with Crippen LogP contribution in [0.1, 0.15) is 43.1 Å². The minimum atomic E-state index is -0.135. The van der Waals surface area contributed by atoms with Crippen molar-refractivity contribution in [3.8, 4) is 0 Å². The van der Waals surface area contributed by atoms with Crippen LogP contribution in [0, 0.1) is 0 Å². The van der Waals surface area contributed by atoms with E-state index in [2.05, 4.69) is 27.4 Å². The van der Waals surface area contributed by atoms with E-state index in [0.717, 1.165) is 31.7 Å². The van der Waals surface area contributed by atoms with Crippen LogP contribution in [0.4, 0.5) is 5.69 Å². The van der Waals surface area contributed by atoms with Crippen LogP contribution in [0.3, 0.4) is 0 Å². The molecule has 1 saturated heterocycles. The van der Waals surface area contributed by atoms with Crippen molar-refractivity contribution in [1.82, 2.24) is 15.6 Å². The van der Waals surface area contributed by atoms with Crippen molar-refractivity contribution in [2.24, 2.45) is 0 Å². The van der Waals surface area contributed by atoms with Crippen LogP contribution >= 0.6 is 0 Å². The first kappa shape index (κ1) is 15.8. The Balaban J connectivity index is 2.10. The van der Waals surface area contributed by atoms with Crippen LogP contribution in [0.25, 0.3) is 0 Å². The summed E-state index contributed by atoms with van der Waals surface area (Å²) in [7, 11) is 1.63.